The Hall–Kier alpha value is -2.34. The van der Waals surface area contributed by atoms with E-state index in [0.29, 0.717) is 6.42 Å². The summed E-state index contributed by atoms with van der Waals surface area (Å²) in [7, 11) is 0. The second-order valence-corrected chi connectivity index (χ2v) is 15.5. The fourth-order valence-electron chi connectivity index (χ4n) is 6.61. The standard InChI is InChI=1S/C47H82O10/c1-3-5-7-9-11-13-15-17-19-20-22-23-25-27-29-31-33-35-42(49)54-38-40(39-55-47-46(53)45(52)44(51)41(37-48)57-47)56-43(50)36-34-32-30-28-26-24-21-18-16-14-12-10-8-6-4-2/h6,8,12,14,17-19,21,40-41,44-48,51-53H,3-5,7,9-11,13,15-16,20,22-39H2,1-2H3/b8-6-,14-12-,19-17-,21-18-/t40-,41-,44+,45+,46-,47-/m1/s1. The van der Waals surface area contributed by atoms with Crippen molar-refractivity contribution in [3.8, 4) is 0 Å². The van der Waals surface area contributed by atoms with Gasteiger partial charge in [0.25, 0.3) is 0 Å². The highest BCUT2D eigenvalue weighted by Crippen LogP contribution is 2.22. The zero-order valence-corrected chi connectivity index (χ0v) is 35.8. The van der Waals surface area contributed by atoms with Gasteiger partial charge in [-0.3, -0.25) is 9.59 Å². The number of unbranched alkanes of at least 4 members (excludes halogenated alkanes) is 18. The van der Waals surface area contributed by atoms with E-state index in [1.165, 1.54) is 64.2 Å². The van der Waals surface area contributed by atoms with Crippen LogP contribution in [-0.4, -0.2) is 89.0 Å². The van der Waals surface area contributed by atoms with Crippen molar-refractivity contribution >= 4 is 11.9 Å². The van der Waals surface area contributed by atoms with Gasteiger partial charge in [0, 0.05) is 12.8 Å². The van der Waals surface area contributed by atoms with E-state index in [1.807, 2.05) is 0 Å². The van der Waals surface area contributed by atoms with Crippen LogP contribution in [0.15, 0.2) is 48.6 Å². The largest absolute Gasteiger partial charge is 0.462 e. The predicted octanol–water partition coefficient (Wildman–Crippen LogP) is 9.67. The second kappa shape index (κ2) is 37.9. The molecule has 57 heavy (non-hydrogen) atoms. The summed E-state index contributed by atoms with van der Waals surface area (Å²) in [6, 6.07) is 0. The van der Waals surface area contributed by atoms with Crippen molar-refractivity contribution in [3.05, 3.63) is 48.6 Å². The average molecular weight is 807 g/mol. The molecule has 0 aromatic carbocycles. The molecular formula is C47H82O10. The first-order valence-electron chi connectivity index (χ1n) is 22.7. The molecule has 0 aliphatic carbocycles. The molecule has 10 heteroatoms. The number of esters is 2. The Labute approximate surface area is 346 Å². The Kier molecular flexibility index (Phi) is 35.0. The maximum absolute atomic E-state index is 12.8. The molecule has 1 fully saturated rings. The van der Waals surface area contributed by atoms with Crippen LogP contribution in [0.4, 0.5) is 0 Å². The highest BCUT2D eigenvalue weighted by molar-refractivity contribution is 5.70. The Morgan fingerprint density at radius 1 is 0.561 bits per heavy atom. The monoisotopic (exact) mass is 807 g/mol. The molecule has 0 bridgehead atoms. The topological polar surface area (TPSA) is 152 Å². The van der Waals surface area contributed by atoms with Crippen LogP contribution in [0, 0.1) is 0 Å². The number of rotatable bonds is 37. The van der Waals surface area contributed by atoms with Crippen molar-refractivity contribution in [2.75, 3.05) is 19.8 Å². The van der Waals surface area contributed by atoms with E-state index in [9.17, 15) is 30.0 Å². The molecule has 4 N–H and O–H groups in total. The fraction of sp³-hybridized carbons (Fsp3) is 0.787. The van der Waals surface area contributed by atoms with Gasteiger partial charge in [0.15, 0.2) is 12.4 Å². The van der Waals surface area contributed by atoms with E-state index < -0.39 is 49.4 Å². The van der Waals surface area contributed by atoms with Crippen LogP contribution in [0.1, 0.15) is 181 Å². The molecule has 1 aliphatic heterocycles. The van der Waals surface area contributed by atoms with Gasteiger partial charge >= 0.3 is 11.9 Å². The van der Waals surface area contributed by atoms with Crippen LogP contribution in [-0.2, 0) is 28.5 Å². The van der Waals surface area contributed by atoms with Crippen molar-refractivity contribution in [2.24, 2.45) is 0 Å². The summed E-state index contributed by atoms with van der Waals surface area (Å²) in [5, 5.41) is 40.1. The third-order valence-electron chi connectivity index (χ3n) is 10.2. The van der Waals surface area contributed by atoms with E-state index >= 15 is 0 Å². The Morgan fingerprint density at radius 2 is 1.04 bits per heavy atom. The summed E-state index contributed by atoms with van der Waals surface area (Å²) >= 11 is 0. The maximum Gasteiger partial charge on any atom is 0.306 e. The SMILES string of the molecule is CC/C=C\C/C=C\C/C=C\CCCCCCCC(=O)O[C@H](COC(=O)CCCCCCCCC/C=C\CCCCCCCC)CO[C@@H]1O[C@H](CO)[C@H](O)[C@H](O)[C@H]1O. The molecule has 1 saturated heterocycles. The maximum atomic E-state index is 12.8. The van der Waals surface area contributed by atoms with Gasteiger partial charge in [-0.05, 0) is 70.6 Å². The minimum absolute atomic E-state index is 0.208. The highest BCUT2D eigenvalue weighted by atomic mass is 16.7. The summed E-state index contributed by atoms with van der Waals surface area (Å²) in [5.74, 6) is -0.832. The summed E-state index contributed by atoms with van der Waals surface area (Å²) < 4.78 is 22.1. The fourth-order valence-corrected chi connectivity index (χ4v) is 6.61. The van der Waals surface area contributed by atoms with Crippen molar-refractivity contribution in [3.63, 3.8) is 0 Å². The lowest BCUT2D eigenvalue weighted by molar-refractivity contribution is -0.305. The number of ether oxygens (including phenoxy) is 4. The van der Waals surface area contributed by atoms with Gasteiger partial charge in [-0.2, -0.15) is 0 Å². The zero-order valence-electron chi connectivity index (χ0n) is 35.8. The first kappa shape index (κ1) is 52.7. The van der Waals surface area contributed by atoms with Crippen LogP contribution in [0.2, 0.25) is 0 Å². The smallest absolute Gasteiger partial charge is 0.306 e. The van der Waals surface area contributed by atoms with Crippen LogP contribution < -0.4 is 0 Å². The van der Waals surface area contributed by atoms with Crippen LogP contribution in [0.5, 0.6) is 0 Å². The molecule has 330 valence electrons. The third-order valence-corrected chi connectivity index (χ3v) is 10.2. The quantitative estimate of drug-likeness (QED) is 0.0271. The van der Waals surface area contributed by atoms with Gasteiger partial charge in [-0.1, -0.05) is 146 Å². The van der Waals surface area contributed by atoms with Crippen molar-refractivity contribution < 1.29 is 49.0 Å². The minimum Gasteiger partial charge on any atom is -0.462 e. The van der Waals surface area contributed by atoms with Crippen molar-refractivity contribution in [1.29, 1.82) is 0 Å². The Bertz CT molecular complexity index is 1070. The van der Waals surface area contributed by atoms with Gasteiger partial charge in [0.2, 0.25) is 0 Å². The summed E-state index contributed by atoms with van der Waals surface area (Å²) in [5.41, 5.74) is 0. The van der Waals surface area contributed by atoms with Crippen LogP contribution in [0.25, 0.3) is 0 Å². The normalized spacial score (nSPS) is 20.7. The lowest BCUT2D eigenvalue weighted by Crippen LogP contribution is -2.59. The lowest BCUT2D eigenvalue weighted by atomic mass is 9.99. The Balaban J connectivity index is 2.33. The highest BCUT2D eigenvalue weighted by Gasteiger charge is 2.44. The van der Waals surface area contributed by atoms with Crippen molar-refractivity contribution in [2.45, 2.75) is 218 Å². The number of aliphatic hydroxyl groups excluding tert-OH is 4. The van der Waals surface area contributed by atoms with Gasteiger partial charge in [0.05, 0.1) is 13.2 Å². The molecule has 0 aromatic heterocycles. The molecular weight excluding hydrogens is 725 g/mol. The molecule has 1 heterocycles. The molecule has 0 aromatic rings. The predicted molar refractivity (Wildman–Crippen MR) is 229 cm³/mol. The number of hydrogen-bond donors (Lipinski definition) is 4. The molecule has 1 rings (SSSR count). The summed E-state index contributed by atoms with van der Waals surface area (Å²) in [6.07, 6.45) is 36.8. The summed E-state index contributed by atoms with van der Waals surface area (Å²) in [6.45, 7) is 3.28. The number of allylic oxidation sites excluding steroid dienone is 8. The number of hydrogen-bond acceptors (Lipinski definition) is 10. The number of carbonyl (C=O) groups excluding carboxylic acids is 2. The number of aliphatic hydroxyl groups is 4. The molecule has 1 aliphatic rings. The molecule has 6 atom stereocenters. The summed E-state index contributed by atoms with van der Waals surface area (Å²) in [4.78, 5) is 25.3. The average Bonchev–Trinajstić information content (AvgIpc) is 3.21. The molecule has 0 amide bonds. The van der Waals surface area contributed by atoms with E-state index in [2.05, 4.69) is 62.5 Å². The van der Waals surface area contributed by atoms with Gasteiger partial charge < -0.3 is 39.4 Å². The molecule has 0 radical (unpaired) electrons. The van der Waals surface area contributed by atoms with E-state index in [1.54, 1.807) is 0 Å². The van der Waals surface area contributed by atoms with Gasteiger partial charge in [0.1, 0.15) is 31.0 Å². The molecule has 0 saturated carbocycles. The first-order valence-corrected chi connectivity index (χ1v) is 22.7. The first-order chi connectivity index (χ1) is 27.8. The molecule has 0 spiro atoms. The lowest BCUT2D eigenvalue weighted by Gasteiger charge is -2.39. The second-order valence-electron chi connectivity index (χ2n) is 15.5. The van der Waals surface area contributed by atoms with Gasteiger partial charge in [-0.15, -0.1) is 0 Å². The van der Waals surface area contributed by atoms with Crippen molar-refractivity contribution in [1.82, 2.24) is 0 Å². The Morgan fingerprint density at radius 3 is 1.58 bits per heavy atom. The van der Waals surface area contributed by atoms with Crippen LogP contribution in [0.3, 0.4) is 0 Å². The van der Waals surface area contributed by atoms with E-state index in [4.69, 9.17) is 18.9 Å². The third kappa shape index (κ3) is 29.5. The van der Waals surface area contributed by atoms with E-state index in [-0.39, 0.29) is 32.0 Å². The van der Waals surface area contributed by atoms with Gasteiger partial charge in [-0.25, -0.2) is 0 Å². The van der Waals surface area contributed by atoms with Crippen LogP contribution >= 0.6 is 0 Å². The minimum atomic E-state index is -1.60. The molecule has 0 unspecified atom stereocenters. The van der Waals surface area contributed by atoms with E-state index in [0.717, 1.165) is 83.5 Å². The number of carbonyl (C=O) groups is 2. The molecule has 10 nitrogen and oxygen atoms in total. The zero-order chi connectivity index (χ0) is 41.6.